The zero-order chi connectivity index (χ0) is 22.0. The third-order valence-corrected chi connectivity index (χ3v) is 6.88. The first kappa shape index (κ1) is 25.1. The summed E-state index contributed by atoms with van der Waals surface area (Å²) in [5, 5.41) is 40.6. The molecule has 5 heteroatoms. The average Bonchev–Trinajstić information content (AvgIpc) is 3.51. The maximum Gasteiger partial charge on any atom is 0.303 e. The Morgan fingerprint density at radius 3 is 2.47 bits per heavy atom. The van der Waals surface area contributed by atoms with E-state index in [1.165, 1.54) is 19.3 Å². The van der Waals surface area contributed by atoms with E-state index >= 15 is 0 Å². The highest BCUT2D eigenvalue weighted by Crippen LogP contribution is 2.45. The molecular weight excluding hydrogens is 380 g/mol. The molecule has 2 aliphatic carbocycles. The van der Waals surface area contributed by atoms with Crippen molar-refractivity contribution in [2.45, 2.75) is 108 Å². The summed E-state index contributed by atoms with van der Waals surface area (Å²) >= 11 is 0. The van der Waals surface area contributed by atoms with Crippen LogP contribution in [0.3, 0.4) is 0 Å². The van der Waals surface area contributed by atoms with Crippen LogP contribution >= 0.6 is 0 Å². The van der Waals surface area contributed by atoms with Crippen LogP contribution in [0.25, 0.3) is 0 Å². The molecule has 2 fully saturated rings. The Morgan fingerprint density at radius 1 is 1.03 bits per heavy atom. The third-order valence-electron chi connectivity index (χ3n) is 6.88. The van der Waals surface area contributed by atoms with Gasteiger partial charge in [-0.15, -0.1) is 0 Å². The summed E-state index contributed by atoms with van der Waals surface area (Å²) in [6, 6.07) is 0. The first-order valence-electron chi connectivity index (χ1n) is 12.0. The number of aliphatic carboxylic acids is 1. The van der Waals surface area contributed by atoms with Gasteiger partial charge in [-0.25, -0.2) is 0 Å². The third kappa shape index (κ3) is 8.16. The van der Waals surface area contributed by atoms with E-state index in [9.17, 15) is 20.1 Å². The number of carbonyl (C=O) groups is 1. The van der Waals surface area contributed by atoms with Crippen LogP contribution in [0.1, 0.15) is 90.4 Å². The van der Waals surface area contributed by atoms with Crippen molar-refractivity contribution in [3.8, 4) is 0 Å². The van der Waals surface area contributed by atoms with E-state index < -0.39 is 23.8 Å². The smallest absolute Gasteiger partial charge is 0.303 e. The first-order valence-corrected chi connectivity index (χ1v) is 12.0. The second-order valence-corrected chi connectivity index (χ2v) is 9.43. The number of rotatable bonds is 15. The molecule has 4 N–H and O–H groups in total. The van der Waals surface area contributed by atoms with Crippen LogP contribution in [0, 0.1) is 17.8 Å². The second-order valence-electron chi connectivity index (χ2n) is 9.43. The molecule has 1 unspecified atom stereocenters. The van der Waals surface area contributed by atoms with Crippen LogP contribution in [0.15, 0.2) is 24.3 Å². The van der Waals surface area contributed by atoms with Crippen molar-refractivity contribution in [1.82, 2.24) is 0 Å². The number of carboxylic acids is 1. The number of carboxylic acid groups (broad SMARTS) is 1. The van der Waals surface area contributed by atoms with E-state index in [1.807, 2.05) is 24.3 Å². The van der Waals surface area contributed by atoms with Gasteiger partial charge in [0.15, 0.2) is 0 Å². The maximum atomic E-state index is 11.2. The van der Waals surface area contributed by atoms with Crippen LogP contribution in [-0.2, 0) is 4.79 Å². The normalized spacial score (nSPS) is 29.1. The topological polar surface area (TPSA) is 98.0 Å². The fourth-order valence-electron chi connectivity index (χ4n) is 4.83. The summed E-state index contributed by atoms with van der Waals surface area (Å²) in [7, 11) is 0. The molecule has 2 rings (SSSR count). The molecule has 0 bridgehead atoms. The van der Waals surface area contributed by atoms with Crippen molar-refractivity contribution in [2.75, 3.05) is 0 Å². The van der Waals surface area contributed by atoms with E-state index in [0.29, 0.717) is 38.0 Å². The standard InChI is InChI=1S/C25H42O5/c1-2-3-4-9-16-25(30,19-14-15-19)17-10-12-21-20(22(26)18-23(21)27)11-7-5-6-8-13-24(28)29/h5,7,10,12,19-23,26-27,30H,2-4,6,8-9,11,13-18H2,1H3,(H,28,29)/t20-,21-,22+,23-,25?/m1/s1. The van der Waals surface area contributed by atoms with Gasteiger partial charge in [0, 0.05) is 18.8 Å². The molecule has 0 heterocycles. The van der Waals surface area contributed by atoms with Gasteiger partial charge in [-0.3, -0.25) is 4.79 Å². The quantitative estimate of drug-likeness (QED) is 0.228. The lowest BCUT2D eigenvalue weighted by Gasteiger charge is -2.27. The summed E-state index contributed by atoms with van der Waals surface area (Å²) in [5.74, 6) is -0.510. The minimum Gasteiger partial charge on any atom is -0.481 e. The minimum atomic E-state index is -0.778. The van der Waals surface area contributed by atoms with Crippen LogP contribution in [0.5, 0.6) is 0 Å². The lowest BCUT2D eigenvalue weighted by atomic mass is 9.85. The highest BCUT2D eigenvalue weighted by molar-refractivity contribution is 5.66. The number of hydrogen-bond acceptors (Lipinski definition) is 4. The van der Waals surface area contributed by atoms with Gasteiger partial charge in [0.25, 0.3) is 0 Å². The van der Waals surface area contributed by atoms with Crippen molar-refractivity contribution >= 4 is 5.97 Å². The summed E-state index contributed by atoms with van der Waals surface area (Å²) in [5.41, 5.74) is -0.619. The molecule has 0 saturated heterocycles. The molecule has 0 amide bonds. The molecular formula is C25H42O5. The number of aliphatic hydroxyl groups is 3. The Kier molecular flexibility index (Phi) is 10.6. The molecule has 0 aromatic carbocycles. The largest absolute Gasteiger partial charge is 0.481 e. The van der Waals surface area contributed by atoms with Gasteiger partial charge in [0.2, 0.25) is 0 Å². The molecule has 0 radical (unpaired) electrons. The van der Waals surface area contributed by atoms with Gasteiger partial charge >= 0.3 is 5.97 Å². The lowest BCUT2D eigenvalue weighted by Crippen LogP contribution is -2.30. The highest BCUT2D eigenvalue weighted by Gasteiger charge is 2.43. The predicted molar refractivity (Wildman–Crippen MR) is 119 cm³/mol. The summed E-state index contributed by atoms with van der Waals surface area (Å²) in [6.07, 6.45) is 17.8. The second kappa shape index (κ2) is 12.6. The molecule has 0 aromatic heterocycles. The zero-order valence-corrected chi connectivity index (χ0v) is 18.6. The Morgan fingerprint density at radius 2 is 1.80 bits per heavy atom. The molecule has 0 aliphatic heterocycles. The monoisotopic (exact) mass is 422 g/mol. The van der Waals surface area contributed by atoms with Crippen LogP contribution < -0.4 is 0 Å². The van der Waals surface area contributed by atoms with E-state index in [2.05, 4.69) is 6.92 Å². The van der Waals surface area contributed by atoms with Gasteiger partial charge in [0.05, 0.1) is 17.8 Å². The minimum absolute atomic E-state index is 0.0365. The first-order chi connectivity index (χ1) is 14.4. The van der Waals surface area contributed by atoms with E-state index in [4.69, 9.17) is 5.11 Å². The van der Waals surface area contributed by atoms with Crippen molar-refractivity contribution in [2.24, 2.45) is 17.8 Å². The molecule has 0 aromatic rings. The van der Waals surface area contributed by atoms with Crippen molar-refractivity contribution in [3.05, 3.63) is 24.3 Å². The molecule has 30 heavy (non-hydrogen) atoms. The molecule has 2 saturated carbocycles. The Hall–Kier alpha value is -1.17. The van der Waals surface area contributed by atoms with Crippen LogP contribution in [0.2, 0.25) is 0 Å². The van der Waals surface area contributed by atoms with Gasteiger partial charge in [0.1, 0.15) is 0 Å². The highest BCUT2D eigenvalue weighted by atomic mass is 16.4. The SMILES string of the molecule is CCCCCCC(O)(CC=C[C@@H]1[C@@H](CC=CCCCC(=O)O)[C@@H](O)C[C@H]1O)C1CC1. The summed E-state index contributed by atoms with van der Waals surface area (Å²) < 4.78 is 0. The van der Waals surface area contributed by atoms with Crippen molar-refractivity contribution in [1.29, 1.82) is 0 Å². The molecule has 0 spiro atoms. The maximum absolute atomic E-state index is 11.2. The fraction of sp³-hybridized carbons (Fsp3) is 0.800. The van der Waals surface area contributed by atoms with Gasteiger partial charge < -0.3 is 20.4 Å². The Labute approximate surface area is 181 Å². The Bertz CT molecular complexity index is 568. The van der Waals surface area contributed by atoms with E-state index in [0.717, 1.165) is 25.7 Å². The molecule has 172 valence electrons. The van der Waals surface area contributed by atoms with Crippen molar-refractivity contribution < 1.29 is 25.2 Å². The molecule has 5 nitrogen and oxygen atoms in total. The number of unbranched alkanes of at least 4 members (excludes halogenated alkanes) is 4. The van der Waals surface area contributed by atoms with Crippen LogP contribution in [0.4, 0.5) is 0 Å². The zero-order valence-electron chi connectivity index (χ0n) is 18.6. The van der Waals surface area contributed by atoms with Gasteiger partial charge in [-0.05, 0) is 56.8 Å². The van der Waals surface area contributed by atoms with Gasteiger partial charge in [-0.1, -0.05) is 56.9 Å². The van der Waals surface area contributed by atoms with E-state index in [-0.39, 0.29) is 18.3 Å². The average molecular weight is 423 g/mol. The molecule has 2 aliphatic rings. The van der Waals surface area contributed by atoms with E-state index in [1.54, 1.807) is 0 Å². The van der Waals surface area contributed by atoms with Crippen molar-refractivity contribution in [3.63, 3.8) is 0 Å². The summed E-state index contributed by atoms with van der Waals surface area (Å²) in [6.45, 7) is 2.19. The number of hydrogen-bond donors (Lipinski definition) is 4. The number of aliphatic hydroxyl groups excluding tert-OH is 2. The predicted octanol–water partition coefficient (Wildman–Crippen LogP) is 4.60. The lowest BCUT2D eigenvalue weighted by molar-refractivity contribution is -0.137. The van der Waals surface area contributed by atoms with Crippen LogP contribution in [-0.4, -0.2) is 44.2 Å². The molecule has 5 atom stereocenters. The summed E-state index contributed by atoms with van der Waals surface area (Å²) in [4.78, 5) is 10.6. The number of allylic oxidation sites excluding steroid dienone is 2. The Balaban J connectivity index is 1.85. The van der Waals surface area contributed by atoms with Gasteiger partial charge in [-0.2, -0.15) is 0 Å². The fourth-order valence-corrected chi connectivity index (χ4v) is 4.83.